The molecule has 4 aromatic rings. The summed E-state index contributed by atoms with van der Waals surface area (Å²) < 4.78 is 70.8. The lowest BCUT2D eigenvalue weighted by atomic mass is 9.95. The van der Waals surface area contributed by atoms with Gasteiger partial charge in [-0.3, -0.25) is 9.80 Å². The van der Waals surface area contributed by atoms with Gasteiger partial charge in [-0.05, 0) is 86.7 Å². The maximum Gasteiger partial charge on any atom is 0.410 e. The van der Waals surface area contributed by atoms with Crippen LogP contribution in [-0.4, -0.2) is 129 Å². The number of hydrogen-bond acceptors (Lipinski definition) is 12. The molecule has 9 rings (SSSR count). The summed E-state index contributed by atoms with van der Waals surface area (Å²) in [6.07, 6.45) is 3.11. The second kappa shape index (κ2) is 18.3. The molecule has 1 aliphatic carbocycles. The van der Waals surface area contributed by atoms with Crippen LogP contribution in [0, 0.1) is 28.5 Å². The van der Waals surface area contributed by atoms with E-state index in [1.54, 1.807) is 18.2 Å². The van der Waals surface area contributed by atoms with Gasteiger partial charge in [0.05, 0.1) is 43.5 Å². The number of hydrogen-bond donors (Lipinski definition) is 0. The maximum absolute atomic E-state index is 18.2. The number of carbonyl (C=O) groups is 1. The van der Waals surface area contributed by atoms with Crippen LogP contribution in [0.15, 0.2) is 24.3 Å². The normalized spacial score (nSPS) is 21.3. The first-order valence-corrected chi connectivity index (χ1v) is 26.3. The van der Waals surface area contributed by atoms with Crippen molar-refractivity contribution in [2.75, 3.05) is 71.4 Å². The summed E-state index contributed by atoms with van der Waals surface area (Å²) in [6.45, 7) is 23.7. The molecular weight excluding hydrogens is 875 g/mol. The van der Waals surface area contributed by atoms with E-state index < -0.39 is 25.3 Å². The van der Waals surface area contributed by atoms with E-state index in [1.807, 2.05) is 25.7 Å². The van der Waals surface area contributed by atoms with Crippen LogP contribution in [0.5, 0.6) is 17.6 Å². The fourth-order valence-electron chi connectivity index (χ4n) is 11.4. The van der Waals surface area contributed by atoms with E-state index in [0.717, 1.165) is 45.3 Å². The number of rotatable bonds is 12. The van der Waals surface area contributed by atoms with E-state index >= 15 is 8.78 Å². The monoisotopic (exact) mass is 940 g/mol. The number of nitrogens with zero attached hydrogens (tertiary/aromatic N) is 6. The predicted octanol–water partition coefficient (Wildman–Crippen LogP) is 9.52. The van der Waals surface area contributed by atoms with Crippen molar-refractivity contribution in [2.45, 2.75) is 128 Å². The number of ether oxygens (including phenoxy) is 6. The lowest BCUT2D eigenvalue weighted by molar-refractivity contribution is 0.00537. The van der Waals surface area contributed by atoms with Gasteiger partial charge in [0.15, 0.2) is 12.6 Å². The third-order valence-electron chi connectivity index (χ3n) is 14.8. The molecule has 2 aromatic heterocycles. The smallest absolute Gasteiger partial charge is 0.410 e. The zero-order valence-corrected chi connectivity index (χ0v) is 41.8. The quantitative estimate of drug-likeness (QED) is 0.0765. The fraction of sp³-hybridized carbons (Fsp3) is 0.608. The standard InChI is InChI=1S/C51H66F2N6O7Si/c1-30(2)67(31(3)4,32(5)6)22-15-36-38(52)13-11-33-23-35(65-29-61-10)24-37(41(33)36)44-43(53)45-42-46(56-48(55-45)64-28-51(16-17-51)27-57-18-20-62-21-19-57)58-25-34-12-14-39(40(58)26-63-47(42)54-44)59(34)49(60)66-50(7,8)9/h11,13,23-24,30-32,34,39-40H,12,14,16-21,25-29H2,1-10H3/t34-,39+,40-/m1/s1. The van der Waals surface area contributed by atoms with Crippen LogP contribution in [0.1, 0.15) is 93.6 Å². The number of anilines is 1. The van der Waals surface area contributed by atoms with Crippen LogP contribution in [-0.2, 0) is 14.2 Å². The summed E-state index contributed by atoms with van der Waals surface area (Å²) in [7, 11) is -0.829. The number of amides is 1. The number of carbonyl (C=O) groups excluding carboxylic acids is 1. The highest BCUT2D eigenvalue weighted by atomic mass is 28.3. The predicted molar refractivity (Wildman–Crippen MR) is 257 cm³/mol. The topological polar surface area (TPSA) is 121 Å². The molecule has 5 aliphatic rings. The van der Waals surface area contributed by atoms with Crippen molar-refractivity contribution in [1.82, 2.24) is 24.8 Å². The molecular formula is C51H66F2N6O7Si. The molecule has 4 fully saturated rings. The summed E-state index contributed by atoms with van der Waals surface area (Å²) >= 11 is 0. The zero-order valence-electron chi connectivity index (χ0n) is 40.8. The zero-order chi connectivity index (χ0) is 47.6. The Morgan fingerprint density at radius 2 is 1.69 bits per heavy atom. The van der Waals surface area contributed by atoms with Crippen molar-refractivity contribution in [3.63, 3.8) is 0 Å². The molecule has 67 heavy (non-hydrogen) atoms. The molecule has 1 saturated carbocycles. The average Bonchev–Trinajstić information content (AvgIpc) is 3.99. The highest BCUT2D eigenvalue weighted by molar-refractivity contribution is 6.90. The third kappa shape index (κ3) is 8.90. The van der Waals surface area contributed by atoms with E-state index in [-0.39, 0.29) is 77.3 Å². The van der Waals surface area contributed by atoms with E-state index in [0.29, 0.717) is 70.7 Å². The largest absolute Gasteiger partial charge is 0.475 e. The Labute approximate surface area is 394 Å². The van der Waals surface area contributed by atoms with Crippen molar-refractivity contribution in [3.8, 4) is 40.4 Å². The maximum atomic E-state index is 18.2. The van der Waals surface area contributed by atoms with Crippen LogP contribution in [0.25, 0.3) is 32.9 Å². The van der Waals surface area contributed by atoms with Crippen LogP contribution in [0.2, 0.25) is 16.6 Å². The van der Waals surface area contributed by atoms with Gasteiger partial charge in [-0.25, -0.2) is 18.6 Å². The average molecular weight is 941 g/mol. The van der Waals surface area contributed by atoms with E-state index in [9.17, 15) is 4.79 Å². The number of methoxy groups -OCH3 is 1. The van der Waals surface area contributed by atoms with Gasteiger partial charge in [-0.1, -0.05) is 53.5 Å². The fourth-order valence-corrected chi connectivity index (χ4v) is 16.6. The van der Waals surface area contributed by atoms with Crippen LogP contribution in [0.3, 0.4) is 0 Å². The van der Waals surface area contributed by atoms with Crippen molar-refractivity contribution >= 4 is 41.7 Å². The van der Waals surface area contributed by atoms with Gasteiger partial charge in [0, 0.05) is 49.7 Å². The van der Waals surface area contributed by atoms with Crippen molar-refractivity contribution in [2.24, 2.45) is 5.41 Å². The molecule has 2 bridgehead atoms. The minimum absolute atomic E-state index is 0.0353. The summed E-state index contributed by atoms with van der Waals surface area (Å²) in [5, 5.41) is 1.29. The highest BCUT2D eigenvalue weighted by Gasteiger charge is 2.52. The Bertz CT molecular complexity index is 2580. The number of benzene rings is 2. The van der Waals surface area contributed by atoms with Gasteiger partial charge in [0.2, 0.25) is 5.88 Å². The van der Waals surface area contributed by atoms with Gasteiger partial charge in [-0.15, -0.1) is 5.54 Å². The minimum atomic E-state index is -2.35. The first-order chi connectivity index (χ1) is 31.9. The number of halogens is 2. The van der Waals surface area contributed by atoms with Crippen LogP contribution in [0.4, 0.5) is 19.4 Å². The van der Waals surface area contributed by atoms with Crippen molar-refractivity contribution in [3.05, 3.63) is 41.5 Å². The Kier molecular flexibility index (Phi) is 12.9. The molecule has 0 unspecified atom stereocenters. The first-order valence-electron chi connectivity index (χ1n) is 24.1. The lowest BCUT2D eigenvalue weighted by Crippen LogP contribution is -2.63. The molecule has 0 N–H and O–H groups in total. The first kappa shape index (κ1) is 47.3. The van der Waals surface area contributed by atoms with Gasteiger partial charge in [0.1, 0.15) is 54.3 Å². The number of pyridine rings is 1. The number of piperazine rings is 1. The number of fused-ring (bicyclic) bond motifs is 6. The van der Waals surface area contributed by atoms with Crippen molar-refractivity contribution < 1.29 is 42.0 Å². The summed E-state index contributed by atoms with van der Waals surface area (Å²) in [5.41, 5.74) is 4.11. The highest BCUT2D eigenvalue weighted by Crippen LogP contribution is 2.49. The Morgan fingerprint density at radius 1 is 0.955 bits per heavy atom. The second-order valence-electron chi connectivity index (χ2n) is 21.2. The molecule has 0 spiro atoms. The lowest BCUT2D eigenvalue weighted by Gasteiger charge is -2.46. The van der Waals surface area contributed by atoms with E-state index in [1.165, 1.54) is 13.2 Å². The molecule has 3 atom stereocenters. The Hall–Kier alpha value is -4.82. The molecule has 6 heterocycles. The SMILES string of the molecule is COCOc1cc(-c2nc3c4c(nc(OCC5(CN6CCOCC6)CC5)nc4c2F)N2C[C@H]4CC[C@@H]([C@H]2CO3)N4C(=O)OC(C)(C)C)c2c(C#C[Si](C(C)C)(C(C)C)C(C)C)c(F)ccc2c1. The molecule has 2 aromatic carbocycles. The minimum Gasteiger partial charge on any atom is -0.475 e. The Morgan fingerprint density at radius 3 is 2.36 bits per heavy atom. The van der Waals surface area contributed by atoms with Gasteiger partial charge < -0.3 is 33.3 Å². The molecule has 0 radical (unpaired) electrons. The summed E-state index contributed by atoms with van der Waals surface area (Å²) in [5.74, 6) is 3.03. The van der Waals surface area contributed by atoms with Crippen molar-refractivity contribution in [1.29, 1.82) is 0 Å². The summed E-state index contributed by atoms with van der Waals surface area (Å²) in [4.78, 5) is 35.1. The van der Waals surface area contributed by atoms with Gasteiger partial charge >= 0.3 is 12.1 Å². The number of aromatic nitrogens is 3. The molecule has 3 saturated heterocycles. The van der Waals surface area contributed by atoms with Gasteiger partial charge in [0.25, 0.3) is 0 Å². The molecule has 360 valence electrons. The molecule has 16 heteroatoms. The van der Waals surface area contributed by atoms with Crippen LogP contribution < -0.4 is 19.1 Å². The third-order valence-corrected chi connectivity index (χ3v) is 21.1. The van der Waals surface area contributed by atoms with E-state index in [2.05, 4.69) is 62.8 Å². The van der Waals surface area contributed by atoms with E-state index in [4.69, 9.17) is 43.4 Å². The number of morpholine rings is 1. The molecule has 1 amide bonds. The summed E-state index contributed by atoms with van der Waals surface area (Å²) in [6, 6.07) is 5.72. The Balaban J connectivity index is 1.22. The molecule has 13 nitrogen and oxygen atoms in total. The van der Waals surface area contributed by atoms with Gasteiger partial charge in [-0.2, -0.15) is 9.97 Å². The van der Waals surface area contributed by atoms with Crippen LogP contribution >= 0.6 is 0 Å². The molecule has 4 aliphatic heterocycles. The second-order valence-corrected chi connectivity index (χ2v) is 26.8.